The summed E-state index contributed by atoms with van der Waals surface area (Å²) in [6.45, 7) is 0.841. The summed E-state index contributed by atoms with van der Waals surface area (Å²) in [4.78, 5) is 33.4. The quantitative estimate of drug-likeness (QED) is 0.0949. The van der Waals surface area contributed by atoms with Crippen LogP contribution in [0.25, 0.3) is 0 Å². The monoisotopic (exact) mass is 497 g/mol. The summed E-state index contributed by atoms with van der Waals surface area (Å²) < 4.78 is -0.497. The summed E-state index contributed by atoms with van der Waals surface area (Å²) in [5, 5.41) is 29.3. The predicted molar refractivity (Wildman–Crippen MR) is 138 cm³/mol. The van der Waals surface area contributed by atoms with E-state index in [0.29, 0.717) is 6.42 Å². The molecule has 0 spiro atoms. The third-order valence-corrected chi connectivity index (χ3v) is 6.55. The van der Waals surface area contributed by atoms with Crippen molar-refractivity contribution in [2.45, 2.75) is 122 Å². The van der Waals surface area contributed by atoms with Crippen molar-refractivity contribution < 1.29 is 34.2 Å². The molecule has 0 aliphatic carbocycles. The second-order valence-electron chi connectivity index (χ2n) is 10.1. The Labute approximate surface area is 213 Å². The molecule has 0 fully saturated rings. The zero-order chi connectivity index (χ0) is 26.2. The molecule has 0 saturated carbocycles. The van der Waals surface area contributed by atoms with Crippen LogP contribution < -0.4 is 5.11 Å². The predicted octanol–water partition coefficient (Wildman–Crippen LogP) is 5.32. The molecule has 204 valence electrons. The molecular formula is C28H51NO6. The number of carboxylic acid groups (broad SMARTS) is 3. The lowest BCUT2D eigenvalue weighted by atomic mass is 10.0. The number of quaternary nitrogens is 1. The highest BCUT2D eigenvalue weighted by Crippen LogP contribution is 2.15. The number of allylic oxidation sites excluding steroid dienone is 2. The second kappa shape index (κ2) is 22.6. The van der Waals surface area contributed by atoms with Gasteiger partial charge in [-0.25, -0.2) is 9.59 Å². The lowest BCUT2D eigenvalue weighted by Crippen LogP contribution is -2.59. The zero-order valence-electron chi connectivity index (χ0n) is 22.2. The Bertz CT molecular complexity index is 549. The first-order valence-corrected chi connectivity index (χ1v) is 13.9. The number of carbonyl (C=O) groups excluding carboxylic acids is 1. The minimum atomic E-state index is -1.42. The second-order valence-corrected chi connectivity index (χ2v) is 10.1. The molecule has 0 aromatic heterocycles. The molecule has 35 heavy (non-hydrogen) atoms. The Morgan fingerprint density at radius 2 is 0.971 bits per heavy atom. The van der Waals surface area contributed by atoms with Gasteiger partial charge in [0.2, 0.25) is 0 Å². The van der Waals surface area contributed by atoms with E-state index in [0.717, 1.165) is 19.3 Å². The summed E-state index contributed by atoms with van der Waals surface area (Å²) in [5.41, 5.74) is 0. The van der Waals surface area contributed by atoms with E-state index in [4.69, 9.17) is 10.2 Å². The molecule has 0 radical (unpaired) electrons. The molecule has 0 unspecified atom stereocenters. The van der Waals surface area contributed by atoms with Gasteiger partial charge in [0, 0.05) is 0 Å². The summed E-state index contributed by atoms with van der Waals surface area (Å²) in [7, 11) is 0. The van der Waals surface area contributed by atoms with Crippen LogP contribution in [0.5, 0.6) is 0 Å². The molecule has 0 saturated heterocycles. The molecule has 7 heteroatoms. The number of unbranched alkanes of at least 4 members (excludes halogenated alkanes) is 16. The van der Waals surface area contributed by atoms with Gasteiger partial charge in [-0.15, -0.1) is 0 Å². The van der Waals surface area contributed by atoms with Crippen LogP contribution in [-0.4, -0.2) is 58.8 Å². The lowest BCUT2D eigenvalue weighted by Gasteiger charge is -2.36. The van der Waals surface area contributed by atoms with Gasteiger partial charge in [-0.3, -0.25) is 0 Å². The highest BCUT2D eigenvalue weighted by Gasteiger charge is 2.33. The number of aliphatic carboxylic acids is 3. The van der Waals surface area contributed by atoms with Crippen molar-refractivity contribution in [3.8, 4) is 0 Å². The van der Waals surface area contributed by atoms with Crippen LogP contribution in [0.4, 0.5) is 0 Å². The van der Waals surface area contributed by atoms with E-state index in [2.05, 4.69) is 19.1 Å². The van der Waals surface area contributed by atoms with Crippen molar-refractivity contribution in [1.82, 2.24) is 0 Å². The van der Waals surface area contributed by atoms with E-state index >= 15 is 0 Å². The first-order chi connectivity index (χ1) is 16.8. The van der Waals surface area contributed by atoms with E-state index in [1.54, 1.807) is 0 Å². The lowest BCUT2D eigenvalue weighted by molar-refractivity contribution is -0.909. The molecule has 0 aromatic carbocycles. The number of carbonyl (C=O) groups is 3. The van der Waals surface area contributed by atoms with Gasteiger partial charge in [-0.2, -0.15) is 0 Å². The fourth-order valence-corrected chi connectivity index (χ4v) is 4.65. The maximum atomic E-state index is 11.2. The molecule has 7 nitrogen and oxygen atoms in total. The van der Waals surface area contributed by atoms with Crippen molar-refractivity contribution in [3.05, 3.63) is 12.2 Å². The van der Waals surface area contributed by atoms with E-state index < -0.39 is 42.0 Å². The molecule has 0 amide bonds. The van der Waals surface area contributed by atoms with Crippen molar-refractivity contribution in [1.29, 1.82) is 0 Å². The Hall–Kier alpha value is -1.89. The van der Waals surface area contributed by atoms with Gasteiger partial charge in [0.05, 0.1) is 12.5 Å². The Balaban J connectivity index is 3.70. The van der Waals surface area contributed by atoms with Crippen LogP contribution in [-0.2, 0) is 14.4 Å². The summed E-state index contributed by atoms with van der Waals surface area (Å²) in [6, 6.07) is 0. The third-order valence-electron chi connectivity index (χ3n) is 6.55. The minimum Gasteiger partial charge on any atom is -0.544 e. The molecule has 0 aromatic rings. The van der Waals surface area contributed by atoms with E-state index in [-0.39, 0.29) is 6.54 Å². The highest BCUT2D eigenvalue weighted by atomic mass is 16.4. The SMILES string of the molecule is CCCCC/C=C/CCCCCCCCCCCCCCC[N+](CC(=O)[O-])(CC(=O)O)CC(=O)O. The average molecular weight is 498 g/mol. The Morgan fingerprint density at radius 1 is 0.600 bits per heavy atom. The van der Waals surface area contributed by atoms with E-state index in [1.165, 1.54) is 89.9 Å². The summed E-state index contributed by atoms with van der Waals surface area (Å²) >= 11 is 0. The van der Waals surface area contributed by atoms with E-state index in [1.807, 2.05) is 0 Å². The number of nitrogens with zero attached hydrogens (tertiary/aromatic N) is 1. The standard InChI is InChI=1S/C28H51NO6/c1-2-3-4-5-6-7-8-9-10-11-12-13-14-15-16-17-18-19-20-21-22-29(23-26(30)31,24-27(32)33)25-28(34)35/h6-7H,2-5,8-25H2,1H3,(H2-,30,31,32,33,34,35)/b7-6+. The van der Waals surface area contributed by atoms with Crippen LogP contribution in [0.2, 0.25) is 0 Å². The van der Waals surface area contributed by atoms with Gasteiger partial charge in [0.15, 0.2) is 13.1 Å². The first kappa shape index (κ1) is 33.1. The van der Waals surface area contributed by atoms with Crippen molar-refractivity contribution in [3.63, 3.8) is 0 Å². The third kappa shape index (κ3) is 22.3. The fourth-order valence-electron chi connectivity index (χ4n) is 4.65. The largest absolute Gasteiger partial charge is 0.544 e. The van der Waals surface area contributed by atoms with Crippen LogP contribution in [0.15, 0.2) is 12.2 Å². The summed E-state index contributed by atoms with van der Waals surface area (Å²) in [6.07, 6.45) is 26.3. The minimum absolute atomic E-state index is 0.224. The zero-order valence-corrected chi connectivity index (χ0v) is 22.2. The smallest absolute Gasteiger partial charge is 0.359 e. The fraction of sp³-hybridized carbons (Fsp3) is 0.821. The van der Waals surface area contributed by atoms with Crippen LogP contribution in [0.1, 0.15) is 122 Å². The molecule has 0 aliphatic heterocycles. The van der Waals surface area contributed by atoms with Crippen LogP contribution in [0, 0.1) is 0 Å². The molecule has 0 rings (SSSR count). The van der Waals surface area contributed by atoms with Crippen molar-refractivity contribution in [2.24, 2.45) is 0 Å². The molecular weight excluding hydrogens is 446 g/mol. The van der Waals surface area contributed by atoms with Gasteiger partial charge >= 0.3 is 11.9 Å². The normalized spacial score (nSPS) is 11.8. The number of hydrogen-bond donors (Lipinski definition) is 2. The highest BCUT2D eigenvalue weighted by molar-refractivity contribution is 5.72. The van der Waals surface area contributed by atoms with Crippen LogP contribution in [0.3, 0.4) is 0 Å². The van der Waals surface area contributed by atoms with E-state index in [9.17, 15) is 19.5 Å². The van der Waals surface area contributed by atoms with Gasteiger partial charge in [-0.05, 0) is 38.5 Å². The van der Waals surface area contributed by atoms with Gasteiger partial charge < -0.3 is 24.6 Å². The Morgan fingerprint density at radius 3 is 1.34 bits per heavy atom. The topological polar surface area (TPSA) is 115 Å². The number of hydrogen-bond acceptors (Lipinski definition) is 4. The molecule has 0 bridgehead atoms. The maximum Gasteiger partial charge on any atom is 0.359 e. The summed E-state index contributed by atoms with van der Waals surface area (Å²) in [5.74, 6) is -3.81. The van der Waals surface area contributed by atoms with Gasteiger partial charge in [0.1, 0.15) is 6.54 Å². The first-order valence-electron chi connectivity index (χ1n) is 13.9. The molecule has 0 atom stereocenters. The molecule has 0 aliphatic rings. The number of carboxylic acids is 3. The number of rotatable bonds is 26. The molecule has 2 N–H and O–H groups in total. The average Bonchev–Trinajstić information content (AvgIpc) is 2.76. The van der Waals surface area contributed by atoms with Crippen LogP contribution >= 0.6 is 0 Å². The van der Waals surface area contributed by atoms with Gasteiger partial charge in [0.25, 0.3) is 0 Å². The maximum absolute atomic E-state index is 11.2. The van der Waals surface area contributed by atoms with Crippen molar-refractivity contribution in [2.75, 3.05) is 26.2 Å². The van der Waals surface area contributed by atoms with Gasteiger partial charge in [-0.1, -0.05) is 96.1 Å². The molecule has 0 heterocycles. The van der Waals surface area contributed by atoms with Crippen molar-refractivity contribution >= 4 is 17.9 Å². The Kier molecular flexibility index (Phi) is 21.3.